The fourth-order valence-corrected chi connectivity index (χ4v) is 3.90. The summed E-state index contributed by atoms with van der Waals surface area (Å²) in [6.45, 7) is 4.39. The van der Waals surface area contributed by atoms with Gasteiger partial charge in [-0.25, -0.2) is 0 Å². The van der Waals surface area contributed by atoms with Crippen LogP contribution in [0.3, 0.4) is 0 Å². The van der Waals surface area contributed by atoms with Crippen LogP contribution in [0.5, 0.6) is 0 Å². The maximum atomic E-state index is 12.7. The highest BCUT2D eigenvalue weighted by Crippen LogP contribution is 2.28. The van der Waals surface area contributed by atoms with Gasteiger partial charge in [-0.15, -0.1) is 10.2 Å². The molecule has 0 aliphatic carbocycles. The van der Waals surface area contributed by atoms with Crippen molar-refractivity contribution in [2.24, 2.45) is 0 Å². The van der Waals surface area contributed by atoms with Crippen LogP contribution < -0.4 is 5.32 Å². The highest BCUT2D eigenvalue weighted by atomic mass is 32.2. The van der Waals surface area contributed by atoms with Gasteiger partial charge in [0.05, 0.1) is 18.1 Å². The maximum Gasteiger partial charge on any atom is 0.237 e. The summed E-state index contributed by atoms with van der Waals surface area (Å²) in [5, 5.41) is 12.1. The monoisotopic (exact) mass is 418 g/mol. The topological polar surface area (TPSA) is 73.0 Å². The van der Waals surface area contributed by atoms with Crippen LogP contribution in [0.2, 0.25) is 0 Å². The Hall–Kier alpha value is -3.32. The van der Waals surface area contributed by atoms with Crippen molar-refractivity contribution in [3.05, 3.63) is 84.3 Å². The Morgan fingerprint density at radius 1 is 1.10 bits per heavy atom. The molecule has 0 spiro atoms. The van der Waals surface area contributed by atoms with Crippen LogP contribution >= 0.6 is 11.8 Å². The Kier molecular flexibility index (Phi) is 5.99. The van der Waals surface area contributed by atoms with E-state index in [0.717, 1.165) is 28.4 Å². The van der Waals surface area contributed by atoms with Crippen molar-refractivity contribution in [1.29, 1.82) is 0 Å². The molecular weight excluding hydrogens is 396 g/mol. The number of para-hydroxylation sites is 1. The first kappa shape index (κ1) is 20.0. The van der Waals surface area contributed by atoms with Gasteiger partial charge in [-0.05, 0) is 44.2 Å². The van der Waals surface area contributed by atoms with Crippen LogP contribution in [0.25, 0.3) is 11.4 Å². The first-order valence-electron chi connectivity index (χ1n) is 9.65. The number of benzene rings is 2. The number of aryl methyl sites for hydroxylation is 1. The molecule has 30 heavy (non-hydrogen) atoms. The Labute approximate surface area is 179 Å². The van der Waals surface area contributed by atoms with Gasteiger partial charge in [-0.3, -0.25) is 9.36 Å². The Morgan fingerprint density at radius 2 is 1.93 bits per heavy atom. The molecule has 0 aliphatic rings. The van der Waals surface area contributed by atoms with E-state index in [1.165, 1.54) is 11.8 Å². The molecule has 0 radical (unpaired) electrons. The molecule has 1 amide bonds. The van der Waals surface area contributed by atoms with Crippen molar-refractivity contribution in [2.45, 2.75) is 30.8 Å². The molecule has 2 heterocycles. The van der Waals surface area contributed by atoms with Crippen molar-refractivity contribution >= 4 is 23.4 Å². The summed E-state index contributed by atoms with van der Waals surface area (Å²) >= 11 is 1.37. The Bertz CT molecular complexity index is 1120. The molecular formula is C23H22N4O2S. The van der Waals surface area contributed by atoms with Crippen LogP contribution in [0.15, 0.2) is 82.6 Å². The smallest absolute Gasteiger partial charge is 0.237 e. The largest absolute Gasteiger partial charge is 0.467 e. The van der Waals surface area contributed by atoms with Gasteiger partial charge in [-0.1, -0.05) is 53.7 Å². The predicted molar refractivity (Wildman–Crippen MR) is 118 cm³/mol. The lowest BCUT2D eigenvalue weighted by molar-refractivity contribution is -0.115. The third kappa shape index (κ3) is 4.63. The van der Waals surface area contributed by atoms with Gasteiger partial charge in [0.25, 0.3) is 0 Å². The van der Waals surface area contributed by atoms with Gasteiger partial charge in [-0.2, -0.15) is 0 Å². The second-order valence-corrected chi connectivity index (χ2v) is 8.26. The summed E-state index contributed by atoms with van der Waals surface area (Å²) in [6, 6.07) is 21.3. The van der Waals surface area contributed by atoms with E-state index in [1.807, 2.05) is 79.1 Å². The molecule has 0 saturated carbocycles. The van der Waals surface area contributed by atoms with Crippen molar-refractivity contribution in [1.82, 2.24) is 14.8 Å². The van der Waals surface area contributed by atoms with Crippen LogP contribution in [-0.4, -0.2) is 25.9 Å². The zero-order chi connectivity index (χ0) is 20.9. The molecule has 6 nitrogen and oxygen atoms in total. The van der Waals surface area contributed by atoms with E-state index in [0.29, 0.717) is 11.7 Å². The number of aromatic nitrogens is 3. The zero-order valence-corrected chi connectivity index (χ0v) is 17.6. The third-order valence-corrected chi connectivity index (χ3v) is 5.66. The molecule has 7 heteroatoms. The first-order valence-corrected chi connectivity index (χ1v) is 10.5. The van der Waals surface area contributed by atoms with E-state index >= 15 is 0 Å². The SMILES string of the molecule is Cc1cccc(-c2nnc(S[C@H](C)C(=O)Nc3ccccc3)n2Cc2ccco2)c1. The van der Waals surface area contributed by atoms with Crippen LogP contribution in [0.4, 0.5) is 5.69 Å². The number of carbonyl (C=O) groups is 1. The van der Waals surface area contributed by atoms with E-state index in [-0.39, 0.29) is 11.2 Å². The fraction of sp³-hybridized carbons (Fsp3) is 0.174. The molecule has 0 aliphatic heterocycles. The number of hydrogen-bond acceptors (Lipinski definition) is 5. The third-order valence-electron chi connectivity index (χ3n) is 4.58. The predicted octanol–water partition coefficient (Wildman–Crippen LogP) is 5.01. The van der Waals surface area contributed by atoms with E-state index in [4.69, 9.17) is 4.42 Å². The van der Waals surface area contributed by atoms with Gasteiger partial charge in [0, 0.05) is 11.3 Å². The number of anilines is 1. The number of amides is 1. The Morgan fingerprint density at radius 3 is 2.67 bits per heavy atom. The van der Waals surface area contributed by atoms with Crippen molar-refractivity contribution < 1.29 is 9.21 Å². The quantitative estimate of drug-likeness (QED) is 0.427. The summed E-state index contributed by atoms with van der Waals surface area (Å²) in [4.78, 5) is 12.7. The molecule has 4 aromatic rings. The minimum Gasteiger partial charge on any atom is -0.467 e. The van der Waals surface area contributed by atoms with Crippen LogP contribution in [0, 0.1) is 6.92 Å². The molecule has 1 atom stereocenters. The van der Waals surface area contributed by atoms with Crippen molar-refractivity contribution in [2.75, 3.05) is 5.32 Å². The second kappa shape index (κ2) is 9.00. The summed E-state index contributed by atoms with van der Waals surface area (Å²) in [6.07, 6.45) is 1.65. The minimum atomic E-state index is -0.352. The molecule has 0 saturated heterocycles. The number of carbonyl (C=O) groups excluding carboxylic acids is 1. The summed E-state index contributed by atoms with van der Waals surface area (Å²) in [5.41, 5.74) is 2.89. The van der Waals surface area contributed by atoms with Crippen LogP contribution in [-0.2, 0) is 11.3 Å². The number of nitrogens with one attached hydrogen (secondary N) is 1. The number of nitrogens with zero attached hydrogens (tertiary/aromatic N) is 3. The summed E-state index contributed by atoms with van der Waals surface area (Å²) < 4.78 is 7.53. The van der Waals surface area contributed by atoms with Gasteiger partial charge < -0.3 is 9.73 Å². The first-order chi connectivity index (χ1) is 14.6. The summed E-state index contributed by atoms with van der Waals surface area (Å²) in [7, 11) is 0. The Balaban J connectivity index is 1.60. The highest BCUT2D eigenvalue weighted by Gasteiger charge is 2.21. The zero-order valence-electron chi connectivity index (χ0n) is 16.8. The maximum absolute atomic E-state index is 12.7. The molecule has 4 rings (SSSR count). The average molecular weight is 419 g/mol. The van der Waals surface area contributed by atoms with Gasteiger partial charge in [0.1, 0.15) is 5.76 Å². The van der Waals surface area contributed by atoms with Gasteiger partial charge in [0.2, 0.25) is 5.91 Å². The highest BCUT2D eigenvalue weighted by molar-refractivity contribution is 8.00. The minimum absolute atomic E-state index is 0.0872. The normalized spacial score (nSPS) is 11.9. The van der Waals surface area contributed by atoms with Crippen molar-refractivity contribution in [3.8, 4) is 11.4 Å². The lowest BCUT2D eigenvalue weighted by Crippen LogP contribution is -2.23. The van der Waals surface area contributed by atoms with Crippen LogP contribution in [0.1, 0.15) is 18.2 Å². The van der Waals surface area contributed by atoms with Gasteiger partial charge in [0.15, 0.2) is 11.0 Å². The molecule has 2 aromatic carbocycles. The molecule has 0 unspecified atom stereocenters. The van der Waals surface area contributed by atoms with E-state index in [9.17, 15) is 4.79 Å². The molecule has 2 aromatic heterocycles. The molecule has 152 valence electrons. The lowest BCUT2D eigenvalue weighted by Gasteiger charge is -2.13. The number of hydrogen-bond donors (Lipinski definition) is 1. The van der Waals surface area contributed by atoms with E-state index < -0.39 is 0 Å². The molecule has 0 bridgehead atoms. The number of rotatable bonds is 7. The molecule has 1 N–H and O–H groups in total. The average Bonchev–Trinajstić information content (AvgIpc) is 3.39. The van der Waals surface area contributed by atoms with E-state index in [2.05, 4.69) is 21.6 Å². The molecule has 0 fully saturated rings. The fourth-order valence-electron chi connectivity index (χ4n) is 3.05. The van der Waals surface area contributed by atoms with Crippen molar-refractivity contribution in [3.63, 3.8) is 0 Å². The number of thioether (sulfide) groups is 1. The number of furan rings is 1. The summed E-state index contributed by atoms with van der Waals surface area (Å²) in [5.74, 6) is 1.45. The lowest BCUT2D eigenvalue weighted by atomic mass is 10.1. The van der Waals surface area contributed by atoms with E-state index in [1.54, 1.807) is 6.26 Å². The van der Waals surface area contributed by atoms with Gasteiger partial charge >= 0.3 is 0 Å². The standard InChI is InChI=1S/C23H22N4O2S/c1-16-8-6-9-18(14-16)21-25-26-23(27(21)15-20-12-7-13-29-20)30-17(2)22(28)24-19-10-4-3-5-11-19/h3-14,17H,15H2,1-2H3,(H,24,28)/t17-/m1/s1. The second-order valence-electron chi connectivity index (χ2n) is 6.96.